The molecule has 2 aliphatic rings. The van der Waals surface area contributed by atoms with E-state index in [1.807, 2.05) is 55.5 Å². The number of nitrogens with one attached hydrogen (secondary N) is 6. The molecule has 188 valence electrons. The molecule has 4 amide bonds. The standard InChI is InChI=1S/C27H28N8O2/c1-17-22(34-26(36)32-20-9-5-18(6-10-20)24-28-13-14-29-24)3-2-4-23(17)35-27(37)33-21-11-7-19(8-12-21)25-30-15-16-31-25/h2-12H,13-16H2,1H3,(H,28,29)(H,30,31)(H2,32,34,36)(H2,33,35,37). The Hall–Kier alpha value is -4.86. The Balaban J connectivity index is 1.17. The molecule has 6 N–H and O–H groups in total. The SMILES string of the molecule is Cc1c(NC(=O)Nc2ccc(C3=NCCN3)cc2)cccc1NC(=O)Nc1ccc(C2=NCCN2)cc1. The van der Waals surface area contributed by atoms with Crippen LogP contribution in [0.25, 0.3) is 0 Å². The summed E-state index contributed by atoms with van der Waals surface area (Å²) >= 11 is 0. The quantitative estimate of drug-likeness (QED) is 0.308. The predicted octanol–water partition coefficient (Wildman–Crippen LogP) is 3.98. The van der Waals surface area contributed by atoms with Crippen LogP contribution in [0.1, 0.15) is 16.7 Å². The van der Waals surface area contributed by atoms with Crippen LogP contribution in [0.5, 0.6) is 0 Å². The van der Waals surface area contributed by atoms with Crippen LogP contribution in [0.3, 0.4) is 0 Å². The monoisotopic (exact) mass is 496 g/mol. The Morgan fingerprint density at radius 2 is 1.08 bits per heavy atom. The van der Waals surface area contributed by atoms with E-state index in [4.69, 9.17) is 0 Å². The van der Waals surface area contributed by atoms with Gasteiger partial charge >= 0.3 is 12.1 Å². The van der Waals surface area contributed by atoms with Gasteiger partial charge < -0.3 is 31.9 Å². The third kappa shape index (κ3) is 5.87. The highest BCUT2D eigenvalue weighted by Crippen LogP contribution is 2.24. The lowest BCUT2D eigenvalue weighted by atomic mass is 10.1. The number of carbonyl (C=O) groups is 2. The van der Waals surface area contributed by atoms with Crippen molar-refractivity contribution in [2.75, 3.05) is 47.4 Å². The minimum Gasteiger partial charge on any atom is -0.368 e. The van der Waals surface area contributed by atoms with E-state index in [9.17, 15) is 9.59 Å². The summed E-state index contributed by atoms with van der Waals surface area (Å²) in [5.74, 6) is 1.74. The zero-order chi connectivity index (χ0) is 25.6. The van der Waals surface area contributed by atoms with Crippen molar-refractivity contribution in [3.63, 3.8) is 0 Å². The maximum absolute atomic E-state index is 12.6. The van der Waals surface area contributed by atoms with Crippen molar-refractivity contribution in [2.45, 2.75) is 6.92 Å². The minimum absolute atomic E-state index is 0.379. The van der Waals surface area contributed by atoms with Gasteiger partial charge in [0.05, 0.1) is 13.1 Å². The summed E-state index contributed by atoms with van der Waals surface area (Å²) in [6.07, 6.45) is 0. The molecule has 3 aromatic rings. The molecule has 37 heavy (non-hydrogen) atoms. The summed E-state index contributed by atoms with van der Waals surface area (Å²) in [7, 11) is 0. The van der Waals surface area contributed by atoms with Gasteiger partial charge in [-0.3, -0.25) is 9.98 Å². The van der Waals surface area contributed by atoms with Crippen LogP contribution < -0.4 is 31.9 Å². The molecule has 0 aromatic heterocycles. The molecule has 0 atom stereocenters. The molecule has 10 nitrogen and oxygen atoms in total. The van der Waals surface area contributed by atoms with Crippen molar-refractivity contribution in [3.8, 4) is 0 Å². The number of urea groups is 2. The first kappa shape index (κ1) is 23.9. The average Bonchev–Trinajstić information content (AvgIpc) is 3.62. The van der Waals surface area contributed by atoms with Crippen LogP contribution in [0.4, 0.5) is 32.3 Å². The van der Waals surface area contributed by atoms with E-state index in [0.717, 1.165) is 54.5 Å². The van der Waals surface area contributed by atoms with Crippen LogP contribution in [-0.2, 0) is 0 Å². The molecule has 0 unspecified atom stereocenters. The van der Waals surface area contributed by atoms with Crippen LogP contribution in [0.2, 0.25) is 0 Å². The number of aliphatic imine (C=N–C) groups is 2. The molecule has 0 saturated carbocycles. The number of hydrogen-bond acceptors (Lipinski definition) is 6. The molecule has 0 spiro atoms. The van der Waals surface area contributed by atoms with Gasteiger partial charge in [0.1, 0.15) is 11.7 Å². The van der Waals surface area contributed by atoms with Crippen molar-refractivity contribution in [2.24, 2.45) is 9.98 Å². The van der Waals surface area contributed by atoms with Gasteiger partial charge in [0.25, 0.3) is 0 Å². The first-order valence-electron chi connectivity index (χ1n) is 12.1. The van der Waals surface area contributed by atoms with E-state index in [-0.39, 0.29) is 12.1 Å². The van der Waals surface area contributed by atoms with Gasteiger partial charge in [0, 0.05) is 47.0 Å². The van der Waals surface area contributed by atoms with Crippen molar-refractivity contribution >= 4 is 46.5 Å². The maximum atomic E-state index is 12.6. The van der Waals surface area contributed by atoms with Crippen LogP contribution in [-0.4, -0.2) is 49.9 Å². The third-order valence-electron chi connectivity index (χ3n) is 6.01. The Morgan fingerprint density at radius 3 is 1.46 bits per heavy atom. The molecule has 0 aliphatic carbocycles. The summed E-state index contributed by atoms with van der Waals surface area (Å²) in [6.45, 7) is 5.06. The van der Waals surface area contributed by atoms with Crippen LogP contribution in [0, 0.1) is 6.92 Å². The number of benzene rings is 3. The fraction of sp³-hybridized carbons (Fsp3) is 0.185. The number of amides is 4. The van der Waals surface area contributed by atoms with E-state index in [1.165, 1.54) is 0 Å². The van der Waals surface area contributed by atoms with Crippen molar-refractivity contribution < 1.29 is 9.59 Å². The molecular weight excluding hydrogens is 468 g/mol. The second-order valence-corrected chi connectivity index (χ2v) is 8.61. The van der Waals surface area contributed by atoms with Gasteiger partial charge in [-0.25, -0.2) is 9.59 Å². The second kappa shape index (κ2) is 10.8. The van der Waals surface area contributed by atoms with Crippen molar-refractivity contribution in [1.29, 1.82) is 0 Å². The zero-order valence-electron chi connectivity index (χ0n) is 20.4. The first-order valence-corrected chi connectivity index (χ1v) is 12.1. The molecule has 0 bridgehead atoms. The molecular formula is C27H28N8O2. The maximum Gasteiger partial charge on any atom is 0.323 e. The Labute approximate surface area is 214 Å². The molecule has 5 rings (SSSR count). The molecule has 0 saturated heterocycles. The summed E-state index contributed by atoms with van der Waals surface area (Å²) in [6, 6.07) is 19.5. The van der Waals surface area contributed by atoms with E-state index < -0.39 is 0 Å². The molecule has 10 heteroatoms. The predicted molar refractivity (Wildman–Crippen MR) is 148 cm³/mol. The van der Waals surface area contributed by atoms with Crippen molar-refractivity contribution in [3.05, 3.63) is 83.4 Å². The van der Waals surface area contributed by atoms with E-state index in [0.29, 0.717) is 22.7 Å². The number of amidine groups is 2. The summed E-state index contributed by atoms with van der Waals surface area (Å²) < 4.78 is 0. The number of rotatable bonds is 6. The molecule has 0 radical (unpaired) electrons. The van der Waals surface area contributed by atoms with Crippen LogP contribution in [0.15, 0.2) is 76.7 Å². The van der Waals surface area contributed by atoms with Crippen LogP contribution >= 0.6 is 0 Å². The van der Waals surface area contributed by atoms with E-state index in [2.05, 4.69) is 41.9 Å². The summed E-state index contributed by atoms with van der Waals surface area (Å²) in [4.78, 5) is 34.0. The highest BCUT2D eigenvalue weighted by Gasteiger charge is 2.12. The minimum atomic E-state index is -0.379. The smallest absolute Gasteiger partial charge is 0.323 e. The number of anilines is 4. The largest absolute Gasteiger partial charge is 0.368 e. The highest BCUT2D eigenvalue weighted by molar-refractivity contribution is 6.04. The lowest BCUT2D eigenvalue weighted by molar-refractivity contribution is 0.261. The van der Waals surface area contributed by atoms with Gasteiger partial charge in [0.15, 0.2) is 0 Å². The van der Waals surface area contributed by atoms with Gasteiger partial charge in [-0.15, -0.1) is 0 Å². The zero-order valence-corrected chi connectivity index (χ0v) is 20.4. The van der Waals surface area contributed by atoms with E-state index >= 15 is 0 Å². The Morgan fingerprint density at radius 1 is 0.649 bits per heavy atom. The van der Waals surface area contributed by atoms with Crippen molar-refractivity contribution in [1.82, 2.24) is 10.6 Å². The number of nitrogens with zero attached hydrogens (tertiary/aromatic N) is 2. The fourth-order valence-corrected chi connectivity index (χ4v) is 4.08. The Bertz CT molecular complexity index is 1260. The van der Waals surface area contributed by atoms with Gasteiger partial charge in [-0.2, -0.15) is 0 Å². The lowest BCUT2D eigenvalue weighted by Gasteiger charge is -2.15. The molecule has 3 aromatic carbocycles. The van der Waals surface area contributed by atoms with E-state index in [1.54, 1.807) is 18.2 Å². The topological polar surface area (TPSA) is 131 Å². The second-order valence-electron chi connectivity index (χ2n) is 8.61. The highest BCUT2D eigenvalue weighted by atomic mass is 16.2. The Kier molecular flexibility index (Phi) is 6.98. The fourth-order valence-electron chi connectivity index (χ4n) is 4.08. The molecule has 2 heterocycles. The molecule has 2 aliphatic heterocycles. The first-order chi connectivity index (χ1) is 18.0. The lowest BCUT2D eigenvalue weighted by Crippen LogP contribution is -2.22. The summed E-state index contributed by atoms with van der Waals surface area (Å²) in [5.41, 5.74) is 5.19. The molecule has 0 fully saturated rings. The van der Waals surface area contributed by atoms with Gasteiger partial charge in [-0.1, -0.05) is 6.07 Å². The van der Waals surface area contributed by atoms with Gasteiger partial charge in [0.2, 0.25) is 0 Å². The summed E-state index contributed by atoms with van der Waals surface area (Å²) in [5, 5.41) is 17.8. The normalized spacial score (nSPS) is 14.1. The number of hydrogen-bond donors (Lipinski definition) is 6. The third-order valence-corrected chi connectivity index (χ3v) is 6.01. The average molecular weight is 497 g/mol. The number of carbonyl (C=O) groups excluding carboxylic acids is 2. The van der Waals surface area contributed by atoms with Gasteiger partial charge in [-0.05, 0) is 73.2 Å².